The highest BCUT2D eigenvalue weighted by molar-refractivity contribution is 6.06. The maximum atomic E-state index is 6.25. The fourth-order valence-electron chi connectivity index (χ4n) is 1.80. The fraction of sp³-hybridized carbons (Fsp3) is 0. The second-order valence-electron chi connectivity index (χ2n) is 3.22. The second-order valence-corrected chi connectivity index (χ2v) is 3.22. The summed E-state index contributed by atoms with van der Waals surface area (Å²) in [5.41, 5.74) is 2.42. The molecule has 0 amide bonds. The molecule has 0 fully saturated rings. The third-order valence-corrected chi connectivity index (χ3v) is 2.41. The first-order valence-electron chi connectivity index (χ1n) is 4.63. The van der Waals surface area contributed by atoms with Gasteiger partial charge in [-0.2, -0.15) is 0 Å². The Morgan fingerprint density at radius 3 is 1.60 bits per heavy atom. The number of nitrogens with zero attached hydrogens (tertiary/aromatic N) is 1. The van der Waals surface area contributed by atoms with Gasteiger partial charge < -0.3 is 4.98 Å². The molecule has 0 radical (unpaired) electrons. The van der Waals surface area contributed by atoms with Gasteiger partial charge in [-0.05, 0) is 12.1 Å². The van der Waals surface area contributed by atoms with Gasteiger partial charge in [0.25, 0.3) is 0 Å². The van der Waals surface area contributed by atoms with Gasteiger partial charge >= 0.3 is 0 Å². The number of para-hydroxylation sites is 2. The van der Waals surface area contributed by atoms with E-state index in [4.69, 9.17) is 10.8 Å². The van der Waals surface area contributed by atoms with Crippen LogP contribution in [0.5, 0.6) is 0 Å². The van der Waals surface area contributed by atoms with Crippen LogP contribution >= 0.6 is 0 Å². The van der Waals surface area contributed by atoms with Gasteiger partial charge in [-0.1, -0.05) is 36.4 Å². The zero-order valence-corrected chi connectivity index (χ0v) is 8.07. The van der Waals surface area contributed by atoms with Crippen LogP contribution in [0.2, 0.25) is 0 Å². The lowest BCUT2D eigenvalue weighted by molar-refractivity contribution is -0.175. The van der Waals surface area contributed by atoms with Gasteiger partial charge in [0.15, 0.2) is 0 Å². The zero-order chi connectivity index (χ0) is 10.7. The quantitative estimate of drug-likeness (QED) is 0.527. The average Bonchev–Trinajstić information content (AvgIpc) is 2.70. The van der Waals surface area contributed by atoms with Crippen LogP contribution in [0.15, 0.2) is 48.5 Å². The number of aromatic nitrogens is 1. The van der Waals surface area contributed by atoms with Gasteiger partial charge in [0.1, 0.15) is 0 Å². The first-order chi connectivity index (χ1) is 7.45. The molecular formula is C12H10N3+. The molecule has 0 bridgehead atoms. The predicted molar refractivity (Wildman–Crippen MR) is 58.5 cm³/mol. The molecule has 3 aromatic rings. The van der Waals surface area contributed by atoms with Crippen molar-refractivity contribution in [3.63, 3.8) is 0 Å². The van der Waals surface area contributed by atoms with E-state index in [0.29, 0.717) is 0 Å². The van der Waals surface area contributed by atoms with Crippen LogP contribution in [0.25, 0.3) is 21.8 Å². The lowest BCUT2D eigenvalue weighted by atomic mass is 10.2. The Balaban J connectivity index is 0.000000404. The van der Waals surface area contributed by atoms with Crippen molar-refractivity contribution in [2.24, 2.45) is 0 Å². The minimum atomic E-state index is 1.21. The van der Waals surface area contributed by atoms with E-state index in [0.717, 1.165) is 0 Å². The molecule has 0 atom stereocenters. The lowest BCUT2D eigenvalue weighted by Crippen LogP contribution is -2.11. The summed E-state index contributed by atoms with van der Waals surface area (Å²) in [5, 5.41) is 13.6. The van der Waals surface area contributed by atoms with Crippen molar-refractivity contribution in [2.75, 3.05) is 0 Å². The van der Waals surface area contributed by atoms with Crippen molar-refractivity contribution in [3.8, 4) is 0 Å². The highest BCUT2D eigenvalue weighted by Crippen LogP contribution is 2.24. The van der Waals surface area contributed by atoms with Gasteiger partial charge in [-0.15, -0.1) is 0 Å². The van der Waals surface area contributed by atoms with E-state index < -0.39 is 0 Å². The number of diazo groups is 1. The Labute approximate surface area is 86.8 Å². The minimum Gasteiger partial charge on any atom is -0.355 e. The number of fused-ring (bicyclic) bond motifs is 3. The highest BCUT2D eigenvalue weighted by atomic mass is 14.7. The molecule has 2 N–H and O–H groups in total. The van der Waals surface area contributed by atoms with Crippen LogP contribution in [-0.2, 0) is 0 Å². The second kappa shape index (κ2) is 3.81. The molecule has 0 aliphatic heterocycles. The Bertz CT molecular complexity index is 557. The Morgan fingerprint density at radius 1 is 0.733 bits per heavy atom. The first-order valence-corrected chi connectivity index (χ1v) is 4.63. The normalized spacial score (nSPS) is 9.73. The maximum absolute atomic E-state index is 6.25. The monoisotopic (exact) mass is 196 g/mol. The Morgan fingerprint density at radius 2 is 1.13 bits per heavy atom. The van der Waals surface area contributed by atoms with Crippen LogP contribution in [0.1, 0.15) is 0 Å². The summed E-state index contributed by atoms with van der Waals surface area (Å²) in [7, 11) is 0. The molecule has 15 heavy (non-hydrogen) atoms. The zero-order valence-electron chi connectivity index (χ0n) is 8.07. The molecule has 3 heteroatoms. The van der Waals surface area contributed by atoms with Crippen molar-refractivity contribution < 1.29 is 5.39 Å². The SMILES string of the molecule is N#[NH+].c1ccc2c(c1)[nH]c1ccccc12. The van der Waals surface area contributed by atoms with Crippen LogP contribution in [-0.4, -0.2) is 4.98 Å². The minimum absolute atomic E-state index is 1.21. The maximum Gasteiger partial charge on any atom is 0.212 e. The van der Waals surface area contributed by atoms with E-state index in [1.54, 1.807) is 0 Å². The Hall–Kier alpha value is -2.34. The van der Waals surface area contributed by atoms with Gasteiger partial charge in [0.05, 0.1) is 5.39 Å². The molecule has 0 aliphatic rings. The van der Waals surface area contributed by atoms with E-state index in [1.165, 1.54) is 21.8 Å². The molecule has 0 aliphatic carbocycles. The summed E-state index contributed by atoms with van der Waals surface area (Å²) in [6, 6.07) is 16.8. The number of aromatic amines is 1. The van der Waals surface area contributed by atoms with Crippen molar-refractivity contribution in [2.45, 2.75) is 0 Å². The molecule has 0 unspecified atom stereocenters. The highest BCUT2D eigenvalue weighted by Gasteiger charge is 2.00. The number of hydrogen-bond donors (Lipinski definition) is 2. The standard InChI is InChI=1S/C12H9N.N2/c1-3-7-11-9(5-1)10-6-2-4-8-12(10)13-11;1-2/h1-8,13H;/p+1. The van der Waals surface area contributed by atoms with Gasteiger partial charge in [0.2, 0.25) is 5.39 Å². The van der Waals surface area contributed by atoms with Gasteiger partial charge in [-0.25, -0.2) is 0 Å². The topological polar surface area (TPSA) is 63.4 Å². The summed E-state index contributed by atoms with van der Waals surface area (Å²) in [5.74, 6) is 0. The lowest BCUT2D eigenvalue weighted by Gasteiger charge is -1.87. The molecule has 3 rings (SSSR count). The number of rotatable bonds is 0. The third kappa shape index (κ3) is 1.42. The van der Waals surface area contributed by atoms with Crippen LogP contribution in [0, 0.1) is 5.39 Å². The Kier molecular flexibility index (Phi) is 2.34. The summed E-state index contributed by atoms with van der Waals surface area (Å²) >= 11 is 0. The molecule has 0 spiro atoms. The van der Waals surface area contributed by atoms with Gasteiger partial charge in [0, 0.05) is 21.8 Å². The van der Waals surface area contributed by atoms with E-state index in [-0.39, 0.29) is 0 Å². The molecule has 2 aromatic carbocycles. The van der Waals surface area contributed by atoms with Gasteiger partial charge in [-0.3, -0.25) is 0 Å². The molecule has 0 saturated heterocycles. The summed E-state index contributed by atoms with van der Waals surface area (Å²) in [4.78, 5) is 3.38. The number of H-pyrrole nitrogens is 1. The summed E-state index contributed by atoms with van der Waals surface area (Å²) in [6.07, 6.45) is 0. The van der Waals surface area contributed by atoms with E-state index in [9.17, 15) is 0 Å². The van der Waals surface area contributed by atoms with E-state index in [2.05, 4.69) is 53.5 Å². The van der Waals surface area contributed by atoms with E-state index >= 15 is 0 Å². The largest absolute Gasteiger partial charge is 0.355 e. The molecule has 1 heterocycles. The molecule has 1 aromatic heterocycles. The van der Waals surface area contributed by atoms with Crippen LogP contribution in [0.4, 0.5) is 0 Å². The third-order valence-electron chi connectivity index (χ3n) is 2.41. The fourth-order valence-corrected chi connectivity index (χ4v) is 1.80. The summed E-state index contributed by atoms with van der Waals surface area (Å²) in [6.45, 7) is 0. The molecule has 72 valence electrons. The predicted octanol–water partition coefficient (Wildman–Crippen LogP) is 1.60. The number of hydrogen-bond acceptors (Lipinski definition) is 1. The molecule has 3 nitrogen and oxygen atoms in total. The molecular weight excluding hydrogens is 186 g/mol. The van der Waals surface area contributed by atoms with Crippen LogP contribution in [0.3, 0.4) is 0 Å². The van der Waals surface area contributed by atoms with E-state index in [1.807, 2.05) is 0 Å². The van der Waals surface area contributed by atoms with Crippen molar-refractivity contribution in [1.29, 1.82) is 5.39 Å². The van der Waals surface area contributed by atoms with Crippen molar-refractivity contribution in [1.82, 2.24) is 4.98 Å². The summed E-state index contributed by atoms with van der Waals surface area (Å²) < 4.78 is 0. The number of nitrogens with one attached hydrogen (secondary N) is 2. The van der Waals surface area contributed by atoms with Crippen molar-refractivity contribution >= 4 is 21.8 Å². The molecule has 0 saturated carbocycles. The first kappa shape index (κ1) is 9.22. The van der Waals surface area contributed by atoms with Crippen molar-refractivity contribution in [3.05, 3.63) is 48.5 Å². The average molecular weight is 196 g/mol. The smallest absolute Gasteiger partial charge is 0.212 e. The number of benzene rings is 2. The van der Waals surface area contributed by atoms with Crippen LogP contribution < -0.4 is 5.39 Å².